The molecule has 96 valence electrons. The Balaban J connectivity index is 2.23. The van der Waals surface area contributed by atoms with E-state index in [1.54, 1.807) is 0 Å². The smallest absolute Gasteiger partial charge is 0.0119 e. The Morgan fingerprint density at radius 2 is 1.69 bits per heavy atom. The molecule has 3 heteroatoms. The van der Waals surface area contributed by atoms with E-state index in [0.29, 0.717) is 6.04 Å². The van der Waals surface area contributed by atoms with Gasteiger partial charge in [-0.15, -0.1) is 0 Å². The van der Waals surface area contributed by atoms with Crippen LogP contribution in [0.25, 0.3) is 0 Å². The second-order valence-corrected chi connectivity index (χ2v) is 5.64. The Hall–Kier alpha value is -0.120. The summed E-state index contributed by atoms with van der Waals surface area (Å²) in [7, 11) is 6.57. The number of likely N-dealkylation sites (tertiary alicyclic amines) is 1. The Kier molecular flexibility index (Phi) is 5.73. The Bertz CT molecular complexity index is 184. The highest BCUT2D eigenvalue weighted by molar-refractivity contribution is 4.79. The number of hydrogen-bond donors (Lipinski definition) is 0. The average molecular weight is 227 g/mol. The first kappa shape index (κ1) is 13.9. The zero-order chi connectivity index (χ0) is 12.1. The lowest BCUT2D eigenvalue weighted by Gasteiger charge is -2.38. The molecule has 1 aliphatic heterocycles. The molecule has 0 unspecified atom stereocenters. The van der Waals surface area contributed by atoms with Crippen molar-refractivity contribution >= 4 is 0 Å². The van der Waals surface area contributed by atoms with Gasteiger partial charge in [-0.1, -0.05) is 0 Å². The number of rotatable bonds is 5. The fraction of sp³-hybridized carbons (Fsp3) is 1.00. The van der Waals surface area contributed by atoms with E-state index >= 15 is 0 Å². The molecular formula is C13H29N3. The van der Waals surface area contributed by atoms with Gasteiger partial charge in [0.25, 0.3) is 0 Å². The molecule has 0 atom stereocenters. The van der Waals surface area contributed by atoms with Crippen molar-refractivity contribution in [3.63, 3.8) is 0 Å². The highest BCUT2D eigenvalue weighted by atomic mass is 15.2. The van der Waals surface area contributed by atoms with Gasteiger partial charge in [0.1, 0.15) is 0 Å². The summed E-state index contributed by atoms with van der Waals surface area (Å²) in [5.41, 5.74) is 0. The molecule has 1 fully saturated rings. The third-order valence-corrected chi connectivity index (χ3v) is 3.81. The lowest BCUT2D eigenvalue weighted by Crippen LogP contribution is -2.46. The molecule has 0 N–H and O–H groups in total. The van der Waals surface area contributed by atoms with E-state index in [4.69, 9.17) is 0 Å². The third kappa shape index (κ3) is 4.40. The largest absolute Gasteiger partial charge is 0.308 e. The van der Waals surface area contributed by atoms with Crippen LogP contribution in [0.4, 0.5) is 0 Å². The highest BCUT2D eigenvalue weighted by Crippen LogP contribution is 2.16. The van der Waals surface area contributed by atoms with E-state index in [2.05, 4.69) is 49.7 Å². The molecule has 0 radical (unpaired) electrons. The zero-order valence-electron chi connectivity index (χ0n) is 11.7. The SMILES string of the molecule is CC(C)N(C)C1CCN(CCN(C)C)CC1. The fourth-order valence-corrected chi connectivity index (χ4v) is 2.31. The first-order valence-corrected chi connectivity index (χ1v) is 6.59. The van der Waals surface area contributed by atoms with Crippen LogP contribution in [-0.2, 0) is 0 Å². The summed E-state index contributed by atoms with van der Waals surface area (Å²) < 4.78 is 0. The van der Waals surface area contributed by atoms with Crippen molar-refractivity contribution in [1.82, 2.24) is 14.7 Å². The van der Waals surface area contributed by atoms with Gasteiger partial charge in [0.15, 0.2) is 0 Å². The molecule has 1 rings (SSSR count). The molecule has 0 spiro atoms. The minimum Gasteiger partial charge on any atom is -0.308 e. The van der Waals surface area contributed by atoms with E-state index in [1.165, 1.54) is 39.0 Å². The molecule has 0 aromatic carbocycles. The van der Waals surface area contributed by atoms with Crippen LogP contribution in [-0.4, -0.2) is 74.1 Å². The van der Waals surface area contributed by atoms with Crippen molar-refractivity contribution in [1.29, 1.82) is 0 Å². The van der Waals surface area contributed by atoms with Crippen LogP contribution in [0.15, 0.2) is 0 Å². The molecule has 0 bridgehead atoms. The number of likely N-dealkylation sites (N-methyl/N-ethyl adjacent to an activating group) is 1. The van der Waals surface area contributed by atoms with Gasteiger partial charge in [-0.2, -0.15) is 0 Å². The van der Waals surface area contributed by atoms with Crippen molar-refractivity contribution in [3.05, 3.63) is 0 Å². The maximum Gasteiger partial charge on any atom is 0.0119 e. The van der Waals surface area contributed by atoms with Gasteiger partial charge in [0.05, 0.1) is 0 Å². The quantitative estimate of drug-likeness (QED) is 0.702. The molecule has 1 heterocycles. The normalized spacial score (nSPS) is 20.2. The third-order valence-electron chi connectivity index (χ3n) is 3.81. The van der Waals surface area contributed by atoms with Crippen LogP contribution in [0, 0.1) is 0 Å². The topological polar surface area (TPSA) is 9.72 Å². The van der Waals surface area contributed by atoms with Gasteiger partial charge in [-0.3, -0.25) is 0 Å². The predicted octanol–water partition coefficient (Wildman–Crippen LogP) is 1.35. The molecule has 1 aliphatic rings. The van der Waals surface area contributed by atoms with E-state index in [9.17, 15) is 0 Å². The lowest BCUT2D eigenvalue weighted by atomic mass is 10.0. The zero-order valence-corrected chi connectivity index (χ0v) is 11.7. The van der Waals surface area contributed by atoms with Gasteiger partial charge in [0, 0.05) is 25.2 Å². The van der Waals surface area contributed by atoms with Crippen molar-refractivity contribution in [3.8, 4) is 0 Å². The second kappa shape index (κ2) is 6.58. The van der Waals surface area contributed by atoms with Crippen LogP contribution < -0.4 is 0 Å². The average Bonchev–Trinajstić information content (AvgIpc) is 2.26. The molecule has 0 aliphatic carbocycles. The number of nitrogens with zero attached hydrogens (tertiary/aromatic N) is 3. The van der Waals surface area contributed by atoms with Crippen LogP contribution in [0.5, 0.6) is 0 Å². The summed E-state index contributed by atoms with van der Waals surface area (Å²) in [6.45, 7) is 9.54. The van der Waals surface area contributed by atoms with Crippen molar-refractivity contribution in [2.75, 3.05) is 47.3 Å². The van der Waals surface area contributed by atoms with Crippen LogP contribution in [0.1, 0.15) is 26.7 Å². The van der Waals surface area contributed by atoms with Crippen molar-refractivity contribution < 1.29 is 0 Å². The summed E-state index contributed by atoms with van der Waals surface area (Å²) >= 11 is 0. The van der Waals surface area contributed by atoms with Gasteiger partial charge in [-0.05, 0) is 60.9 Å². The summed E-state index contributed by atoms with van der Waals surface area (Å²) in [5, 5.41) is 0. The van der Waals surface area contributed by atoms with Gasteiger partial charge in [0.2, 0.25) is 0 Å². The fourth-order valence-electron chi connectivity index (χ4n) is 2.31. The second-order valence-electron chi connectivity index (χ2n) is 5.64. The van der Waals surface area contributed by atoms with E-state index in [1.807, 2.05) is 0 Å². The highest BCUT2D eigenvalue weighted by Gasteiger charge is 2.23. The Labute approximate surface area is 101 Å². The van der Waals surface area contributed by atoms with Gasteiger partial charge in [-0.25, -0.2) is 0 Å². The molecule has 0 aromatic heterocycles. The molecule has 0 amide bonds. The van der Waals surface area contributed by atoms with Crippen LogP contribution in [0.3, 0.4) is 0 Å². The first-order chi connectivity index (χ1) is 7.50. The summed E-state index contributed by atoms with van der Waals surface area (Å²) in [4.78, 5) is 7.40. The van der Waals surface area contributed by atoms with Gasteiger partial charge >= 0.3 is 0 Å². The first-order valence-electron chi connectivity index (χ1n) is 6.59. The molecule has 3 nitrogen and oxygen atoms in total. The predicted molar refractivity (Wildman–Crippen MR) is 70.9 cm³/mol. The molecule has 1 saturated heterocycles. The summed E-state index contributed by atoms with van der Waals surface area (Å²) in [6, 6.07) is 1.48. The Morgan fingerprint density at radius 3 is 2.12 bits per heavy atom. The summed E-state index contributed by atoms with van der Waals surface area (Å²) in [6.07, 6.45) is 2.67. The van der Waals surface area contributed by atoms with Gasteiger partial charge < -0.3 is 14.7 Å². The minimum absolute atomic E-state index is 0.679. The maximum atomic E-state index is 2.60. The van der Waals surface area contributed by atoms with Crippen molar-refractivity contribution in [2.45, 2.75) is 38.8 Å². The molecular weight excluding hydrogens is 198 g/mol. The summed E-state index contributed by atoms with van der Waals surface area (Å²) in [5.74, 6) is 0. The van der Waals surface area contributed by atoms with E-state index < -0.39 is 0 Å². The molecule has 16 heavy (non-hydrogen) atoms. The maximum absolute atomic E-state index is 2.60. The Morgan fingerprint density at radius 1 is 1.12 bits per heavy atom. The van der Waals surface area contributed by atoms with Crippen molar-refractivity contribution in [2.24, 2.45) is 0 Å². The number of piperidine rings is 1. The van der Waals surface area contributed by atoms with E-state index in [-0.39, 0.29) is 0 Å². The molecule has 0 saturated carbocycles. The standard InChI is InChI=1S/C13H29N3/c1-12(2)15(5)13-6-8-16(9-7-13)11-10-14(3)4/h12-13H,6-11H2,1-5H3. The number of hydrogen-bond acceptors (Lipinski definition) is 3. The van der Waals surface area contributed by atoms with E-state index in [0.717, 1.165) is 6.04 Å². The lowest BCUT2D eigenvalue weighted by molar-refractivity contribution is 0.103. The van der Waals surface area contributed by atoms with Crippen LogP contribution in [0.2, 0.25) is 0 Å². The van der Waals surface area contributed by atoms with Crippen LogP contribution >= 0.6 is 0 Å². The molecule has 0 aromatic rings. The monoisotopic (exact) mass is 227 g/mol. The minimum atomic E-state index is 0.679.